The second-order valence-electron chi connectivity index (χ2n) is 4.77. The van der Waals surface area contributed by atoms with Crippen LogP contribution in [0.25, 0.3) is 0 Å². The van der Waals surface area contributed by atoms with Gasteiger partial charge in [0.25, 0.3) is 0 Å². The number of nitrogens with zero attached hydrogens (tertiary/aromatic N) is 1. The Kier molecular flexibility index (Phi) is 7.35. The Morgan fingerprint density at radius 2 is 2.00 bits per heavy atom. The molecule has 0 aliphatic carbocycles. The predicted molar refractivity (Wildman–Crippen MR) is 81.1 cm³/mol. The molecular weight excluding hydrogens is 294 g/mol. The number of carboxylic acids is 1. The summed E-state index contributed by atoms with van der Waals surface area (Å²) in [4.78, 5) is 36.1. The average Bonchev–Trinajstić information content (AvgIpc) is 2.83. The lowest BCUT2D eigenvalue weighted by molar-refractivity contribution is -0.141. The molecule has 2 unspecified atom stereocenters. The van der Waals surface area contributed by atoms with Crippen LogP contribution in [0, 0.1) is 0 Å². The number of amides is 3. The highest BCUT2D eigenvalue weighted by molar-refractivity contribution is 8.00. The molecule has 1 fully saturated rings. The average molecular weight is 317 g/mol. The number of nitrogens with one attached hydrogen (secondary N) is 2. The highest BCUT2D eigenvalue weighted by Crippen LogP contribution is 2.32. The van der Waals surface area contributed by atoms with Gasteiger partial charge in [-0.05, 0) is 13.3 Å². The van der Waals surface area contributed by atoms with Crippen molar-refractivity contribution in [1.82, 2.24) is 15.5 Å². The van der Waals surface area contributed by atoms with E-state index in [0.29, 0.717) is 12.3 Å². The second kappa shape index (κ2) is 8.76. The minimum absolute atomic E-state index is 0.111. The van der Waals surface area contributed by atoms with Gasteiger partial charge in [0.1, 0.15) is 6.04 Å². The molecule has 0 aromatic rings. The minimum atomic E-state index is -0.986. The van der Waals surface area contributed by atoms with Gasteiger partial charge in [-0.1, -0.05) is 13.3 Å². The van der Waals surface area contributed by atoms with Gasteiger partial charge in [-0.3, -0.25) is 9.69 Å². The largest absolute Gasteiger partial charge is 0.480 e. The molecule has 1 aliphatic heterocycles. The van der Waals surface area contributed by atoms with Gasteiger partial charge in [0, 0.05) is 25.3 Å². The van der Waals surface area contributed by atoms with Crippen LogP contribution >= 0.6 is 11.8 Å². The third kappa shape index (κ3) is 5.11. The fraction of sp³-hybridized carbons (Fsp3) is 0.769. The molecule has 8 heteroatoms. The predicted octanol–water partition coefficient (Wildman–Crippen LogP) is 0.850. The standard InChI is InChI=1S/C13H23N3O4S/c1-3-5-11-16(9(8-21-11)12(18)19)13(20)15-7-6-10(17)14-4-2/h9,11H,3-8H2,1-2H3,(H,14,17)(H,15,20)(H,18,19). The van der Waals surface area contributed by atoms with Gasteiger partial charge >= 0.3 is 12.0 Å². The van der Waals surface area contributed by atoms with Crippen molar-refractivity contribution in [1.29, 1.82) is 0 Å². The quantitative estimate of drug-likeness (QED) is 0.646. The SMILES string of the molecule is CCCC1SCC(C(=O)O)N1C(=O)NCCC(=O)NCC. The highest BCUT2D eigenvalue weighted by atomic mass is 32.2. The summed E-state index contributed by atoms with van der Waals surface area (Å²) in [6, 6.07) is -1.20. The normalized spacial score (nSPS) is 21.1. The van der Waals surface area contributed by atoms with E-state index in [0.717, 1.165) is 12.8 Å². The molecule has 120 valence electrons. The van der Waals surface area contributed by atoms with Crippen molar-refractivity contribution in [3.63, 3.8) is 0 Å². The third-order valence-corrected chi connectivity index (χ3v) is 4.51. The number of urea groups is 1. The van der Waals surface area contributed by atoms with Crippen molar-refractivity contribution in [3.05, 3.63) is 0 Å². The first-order valence-electron chi connectivity index (χ1n) is 7.18. The summed E-state index contributed by atoms with van der Waals surface area (Å²) in [6.45, 7) is 4.58. The molecule has 7 nitrogen and oxygen atoms in total. The number of rotatable bonds is 7. The van der Waals surface area contributed by atoms with E-state index >= 15 is 0 Å². The topological polar surface area (TPSA) is 98.7 Å². The monoisotopic (exact) mass is 317 g/mol. The molecule has 0 spiro atoms. The fourth-order valence-electron chi connectivity index (χ4n) is 2.16. The Hall–Kier alpha value is -1.44. The molecule has 1 rings (SSSR count). The highest BCUT2D eigenvalue weighted by Gasteiger charge is 2.41. The van der Waals surface area contributed by atoms with E-state index in [-0.39, 0.29) is 24.2 Å². The Balaban J connectivity index is 2.54. The Bertz CT molecular complexity index is 392. The molecule has 1 aliphatic rings. The molecule has 0 aromatic carbocycles. The summed E-state index contributed by atoms with van der Waals surface area (Å²) < 4.78 is 0. The van der Waals surface area contributed by atoms with Crippen LogP contribution in [0.4, 0.5) is 4.79 Å². The first-order chi connectivity index (χ1) is 10.0. The lowest BCUT2D eigenvalue weighted by Crippen LogP contribution is -2.50. The van der Waals surface area contributed by atoms with Crippen molar-refractivity contribution in [2.24, 2.45) is 0 Å². The molecule has 3 N–H and O–H groups in total. The van der Waals surface area contributed by atoms with E-state index in [1.807, 2.05) is 13.8 Å². The summed E-state index contributed by atoms with van der Waals surface area (Å²) in [7, 11) is 0. The summed E-state index contributed by atoms with van der Waals surface area (Å²) in [5.74, 6) is -0.711. The van der Waals surface area contributed by atoms with E-state index in [1.54, 1.807) is 0 Å². The molecule has 1 saturated heterocycles. The molecular formula is C13H23N3O4S. The van der Waals surface area contributed by atoms with Gasteiger partial charge in [-0.15, -0.1) is 11.8 Å². The van der Waals surface area contributed by atoms with Crippen LogP contribution in [-0.4, -0.2) is 58.2 Å². The van der Waals surface area contributed by atoms with E-state index in [2.05, 4.69) is 10.6 Å². The van der Waals surface area contributed by atoms with Crippen LogP contribution in [-0.2, 0) is 9.59 Å². The van der Waals surface area contributed by atoms with Crippen molar-refractivity contribution in [2.75, 3.05) is 18.8 Å². The summed E-state index contributed by atoms with van der Waals surface area (Å²) in [6.07, 6.45) is 1.83. The Morgan fingerprint density at radius 1 is 1.29 bits per heavy atom. The number of thioether (sulfide) groups is 1. The van der Waals surface area contributed by atoms with Gasteiger partial charge in [-0.25, -0.2) is 9.59 Å². The van der Waals surface area contributed by atoms with E-state index in [1.165, 1.54) is 16.7 Å². The van der Waals surface area contributed by atoms with Crippen molar-refractivity contribution in [3.8, 4) is 0 Å². The first-order valence-corrected chi connectivity index (χ1v) is 8.23. The Morgan fingerprint density at radius 3 is 2.57 bits per heavy atom. The van der Waals surface area contributed by atoms with E-state index < -0.39 is 18.0 Å². The van der Waals surface area contributed by atoms with Gasteiger partial charge in [0.15, 0.2) is 0 Å². The van der Waals surface area contributed by atoms with Gasteiger partial charge in [0.2, 0.25) is 5.91 Å². The fourth-order valence-corrected chi connectivity index (χ4v) is 3.67. The van der Waals surface area contributed by atoms with Crippen LogP contribution in [0.15, 0.2) is 0 Å². The van der Waals surface area contributed by atoms with Crippen LogP contribution in [0.1, 0.15) is 33.1 Å². The maximum absolute atomic E-state index is 12.2. The molecule has 2 atom stereocenters. The lowest BCUT2D eigenvalue weighted by Gasteiger charge is -2.27. The Labute approximate surface area is 128 Å². The zero-order valence-electron chi connectivity index (χ0n) is 12.4. The van der Waals surface area contributed by atoms with Gasteiger partial charge < -0.3 is 15.7 Å². The number of hydrogen-bond acceptors (Lipinski definition) is 4. The van der Waals surface area contributed by atoms with Gasteiger partial charge in [-0.2, -0.15) is 0 Å². The summed E-state index contributed by atoms with van der Waals surface area (Å²) >= 11 is 1.49. The number of aliphatic carboxylic acids is 1. The number of hydrogen-bond donors (Lipinski definition) is 3. The second-order valence-corrected chi connectivity index (χ2v) is 5.98. The third-order valence-electron chi connectivity index (χ3n) is 3.15. The van der Waals surface area contributed by atoms with Crippen molar-refractivity contribution in [2.45, 2.75) is 44.5 Å². The number of carbonyl (C=O) groups excluding carboxylic acids is 2. The molecule has 0 saturated carbocycles. The maximum atomic E-state index is 12.2. The van der Waals surface area contributed by atoms with Crippen LogP contribution in [0.5, 0.6) is 0 Å². The smallest absolute Gasteiger partial charge is 0.327 e. The first kappa shape index (κ1) is 17.6. The van der Waals surface area contributed by atoms with Crippen LogP contribution in [0.3, 0.4) is 0 Å². The number of carbonyl (C=O) groups is 3. The maximum Gasteiger partial charge on any atom is 0.327 e. The zero-order chi connectivity index (χ0) is 15.8. The van der Waals surface area contributed by atoms with Crippen LogP contribution < -0.4 is 10.6 Å². The number of carboxylic acid groups (broad SMARTS) is 1. The molecule has 21 heavy (non-hydrogen) atoms. The summed E-state index contributed by atoms with van der Waals surface area (Å²) in [5, 5.41) is 14.4. The molecule has 0 bridgehead atoms. The van der Waals surface area contributed by atoms with Gasteiger partial charge in [0.05, 0.1) is 5.37 Å². The molecule has 3 amide bonds. The van der Waals surface area contributed by atoms with E-state index in [9.17, 15) is 19.5 Å². The van der Waals surface area contributed by atoms with Crippen molar-refractivity contribution >= 4 is 29.7 Å². The lowest BCUT2D eigenvalue weighted by atomic mass is 10.2. The zero-order valence-corrected chi connectivity index (χ0v) is 13.2. The van der Waals surface area contributed by atoms with Crippen LogP contribution in [0.2, 0.25) is 0 Å². The van der Waals surface area contributed by atoms with Crippen molar-refractivity contribution < 1.29 is 19.5 Å². The molecule has 1 heterocycles. The summed E-state index contributed by atoms with van der Waals surface area (Å²) in [5.41, 5.74) is 0. The molecule has 0 radical (unpaired) electrons. The van der Waals surface area contributed by atoms with E-state index in [4.69, 9.17) is 0 Å². The minimum Gasteiger partial charge on any atom is -0.480 e. The molecule has 0 aromatic heterocycles.